The Morgan fingerprint density at radius 2 is 2.08 bits per heavy atom. The van der Waals surface area contributed by atoms with Crippen LogP contribution in [0.1, 0.15) is 38.5 Å². The van der Waals surface area contributed by atoms with E-state index in [-0.39, 0.29) is 17.6 Å². The van der Waals surface area contributed by atoms with Gasteiger partial charge in [-0.1, -0.05) is 5.21 Å². The minimum Gasteiger partial charge on any atom is -0.330 e. The topological polar surface area (TPSA) is 118 Å². The van der Waals surface area contributed by atoms with E-state index in [1.807, 2.05) is 20.8 Å². The Bertz CT molecular complexity index is 960. The molecule has 130 valence electrons. The molecule has 3 aromatic rings. The van der Waals surface area contributed by atoms with Crippen molar-refractivity contribution in [3.63, 3.8) is 0 Å². The molecule has 25 heavy (non-hydrogen) atoms. The minimum absolute atomic E-state index is 0.201. The molecule has 0 saturated carbocycles. The van der Waals surface area contributed by atoms with Crippen molar-refractivity contribution in [3.8, 4) is 0 Å². The first-order valence-corrected chi connectivity index (χ1v) is 7.90. The summed E-state index contributed by atoms with van der Waals surface area (Å²) < 4.78 is 1.73. The quantitative estimate of drug-likeness (QED) is 0.670. The van der Waals surface area contributed by atoms with E-state index >= 15 is 0 Å². The maximum atomic E-state index is 12.2. The second-order valence-corrected chi connectivity index (χ2v) is 6.00. The number of aromatic amines is 1. The highest BCUT2D eigenvalue weighted by molar-refractivity contribution is 5.92. The summed E-state index contributed by atoms with van der Waals surface area (Å²) in [7, 11) is 0. The summed E-state index contributed by atoms with van der Waals surface area (Å²) in [6.45, 7) is 5.82. The van der Waals surface area contributed by atoms with Crippen LogP contribution in [0.3, 0.4) is 0 Å². The summed E-state index contributed by atoms with van der Waals surface area (Å²) in [6.07, 6.45) is 3.15. The fraction of sp³-hybridized carbons (Fsp3) is 0.312. The van der Waals surface area contributed by atoms with Crippen molar-refractivity contribution in [1.29, 1.82) is 0 Å². The number of aromatic nitrogens is 5. The Balaban J connectivity index is 1.69. The Morgan fingerprint density at radius 1 is 1.28 bits per heavy atom. The zero-order valence-electron chi connectivity index (χ0n) is 14.1. The van der Waals surface area contributed by atoms with Gasteiger partial charge < -0.3 is 15.6 Å². The summed E-state index contributed by atoms with van der Waals surface area (Å²) in [6, 6.07) is 4.45. The van der Waals surface area contributed by atoms with Crippen LogP contribution in [0.15, 0.2) is 35.5 Å². The van der Waals surface area contributed by atoms with Crippen LogP contribution in [0.5, 0.6) is 0 Å². The summed E-state index contributed by atoms with van der Waals surface area (Å²) in [4.78, 5) is 30.5. The number of benzene rings is 1. The second kappa shape index (κ2) is 6.71. The maximum absolute atomic E-state index is 12.2. The molecule has 0 aliphatic rings. The third-order valence-electron chi connectivity index (χ3n) is 3.75. The number of carbonyl (C=O) groups excluding carboxylic acids is 1. The van der Waals surface area contributed by atoms with Crippen molar-refractivity contribution < 1.29 is 4.79 Å². The molecular formula is C16H19N7O2. The lowest BCUT2D eigenvalue weighted by atomic mass is 10.2. The number of urea groups is 1. The zero-order chi connectivity index (χ0) is 18.0. The van der Waals surface area contributed by atoms with Gasteiger partial charge in [0.15, 0.2) is 0 Å². The Labute approximate surface area is 143 Å². The molecule has 1 aromatic carbocycles. The van der Waals surface area contributed by atoms with Crippen LogP contribution in [0.4, 0.5) is 10.5 Å². The number of hydrogen-bond donors (Lipinski definition) is 3. The standard InChI is InChI=1S/C16H19N7O2/c1-9(2)23-7-14(21-22-23)10(3)19-16(25)20-11-4-5-13-12(6-11)15(24)18-8-17-13/h4-10H,1-3H3,(H,17,18,24)(H2,19,20,25)/t10-/m1/s1. The van der Waals surface area contributed by atoms with E-state index in [1.165, 1.54) is 6.33 Å². The van der Waals surface area contributed by atoms with E-state index < -0.39 is 6.03 Å². The van der Waals surface area contributed by atoms with Gasteiger partial charge in [-0.15, -0.1) is 5.10 Å². The molecule has 2 heterocycles. The van der Waals surface area contributed by atoms with Gasteiger partial charge in [-0.25, -0.2) is 14.5 Å². The van der Waals surface area contributed by atoms with Gasteiger partial charge in [-0.05, 0) is 39.0 Å². The fourth-order valence-electron chi connectivity index (χ4n) is 2.33. The number of anilines is 1. The lowest BCUT2D eigenvalue weighted by Crippen LogP contribution is -2.31. The average molecular weight is 341 g/mol. The molecule has 0 unspecified atom stereocenters. The number of hydrogen-bond acceptors (Lipinski definition) is 5. The van der Waals surface area contributed by atoms with E-state index in [4.69, 9.17) is 0 Å². The molecule has 1 atom stereocenters. The molecule has 2 aromatic heterocycles. The van der Waals surface area contributed by atoms with Crippen LogP contribution < -0.4 is 16.2 Å². The van der Waals surface area contributed by atoms with E-state index in [1.54, 1.807) is 29.1 Å². The van der Waals surface area contributed by atoms with Crippen molar-refractivity contribution in [3.05, 3.63) is 46.8 Å². The maximum Gasteiger partial charge on any atom is 0.319 e. The van der Waals surface area contributed by atoms with E-state index in [0.717, 1.165) is 0 Å². The number of fused-ring (bicyclic) bond motifs is 1. The molecule has 0 spiro atoms. The largest absolute Gasteiger partial charge is 0.330 e. The molecule has 3 N–H and O–H groups in total. The van der Waals surface area contributed by atoms with Crippen LogP contribution in [0.25, 0.3) is 10.9 Å². The molecule has 0 aliphatic carbocycles. The predicted octanol–water partition coefficient (Wildman–Crippen LogP) is 1.98. The second-order valence-electron chi connectivity index (χ2n) is 6.00. The smallest absolute Gasteiger partial charge is 0.319 e. The highest BCUT2D eigenvalue weighted by Crippen LogP contribution is 2.15. The number of carbonyl (C=O) groups is 1. The first kappa shape index (κ1) is 16.6. The van der Waals surface area contributed by atoms with E-state index in [9.17, 15) is 9.59 Å². The van der Waals surface area contributed by atoms with Gasteiger partial charge >= 0.3 is 6.03 Å². The van der Waals surface area contributed by atoms with Gasteiger partial charge in [0.05, 0.1) is 29.5 Å². The number of nitrogens with one attached hydrogen (secondary N) is 3. The van der Waals surface area contributed by atoms with Gasteiger partial charge in [0, 0.05) is 11.7 Å². The van der Waals surface area contributed by atoms with Crippen LogP contribution >= 0.6 is 0 Å². The number of rotatable bonds is 4. The van der Waals surface area contributed by atoms with Gasteiger partial charge in [-0.2, -0.15) is 0 Å². The third kappa shape index (κ3) is 3.65. The number of amides is 2. The average Bonchev–Trinajstić information content (AvgIpc) is 3.06. The SMILES string of the molecule is CC(C)n1cc([C@@H](C)NC(=O)Nc2ccc3nc[nH]c(=O)c3c2)nn1. The highest BCUT2D eigenvalue weighted by Gasteiger charge is 2.14. The van der Waals surface area contributed by atoms with Gasteiger partial charge in [0.1, 0.15) is 5.69 Å². The molecule has 0 aliphatic heterocycles. The van der Waals surface area contributed by atoms with Crippen LogP contribution in [-0.2, 0) is 0 Å². The normalized spacial score (nSPS) is 12.3. The zero-order valence-corrected chi connectivity index (χ0v) is 14.1. The van der Waals surface area contributed by atoms with E-state index in [2.05, 4.69) is 30.9 Å². The van der Waals surface area contributed by atoms with Crippen LogP contribution in [0, 0.1) is 0 Å². The molecule has 9 heteroatoms. The van der Waals surface area contributed by atoms with Crippen LogP contribution in [0.2, 0.25) is 0 Å². The summed E-state index contributed by atoms with van der Waals surface area (Å²) >= 11 is 0. The number of H-pyrrole nitrogens is 1. The molecule has 3 rings (SSSR count). The summed E-state index contributed by atoms with van der Waals surface area (Å²) in [5.41, 5.74) is 1.48. The molecule has 0 fully saturated rings. The van der Waals surface area contributed by atoms with Gasteiger partial charge in [-0.3, -0.25) is 4.79 Å². The third-order valence-corrected chi connectivity index (χ3v) is 3.75. The molecular weight excluding hydrogens is 322 g/mol. The first-order valence-electron chi connectivity index (χ1n) is 7.90. The molecule has 0 saturated heterocycles. The Hall–Kier alpha value is -3.23. The van der Waals surface area contributed by atoms with Crippen LogP contribution in [-0.4, -0.2) is 31.0 Å². The van der Waals surface area contributed by atoms with Gasteiger partial charge in [0.2, 0.25) is 0 Å². The monoisotopic (exact) mass is 341 g/mol. The van der Waals surface area contributed by atoms with Gasteiger partial charge in [0.25, 0.3) is 5.56 Å². The lowest BCUT2D eigenvalue weighted by molar-refractivity contribution is 0.249. The van der Waals surface area contributed by atoms with Crippen molar-refractivity contribution >= 4 is 22.6 Å². The van der Waals surface area contributed by atoms with Crippen molar-refractivity contribution in [1.82, 2.24) is 30.3 Å². The molecule has 2 amide bonds. The highest BCUT2D eigenvalue weighted by atomic mass is 16.2. The predicted molar refractivity (Wildman–Crippen MR) is 93.3 cm³/mol. The summed E-state index contributed by atoms with van der Waals surface area (Å²) in [5, 5.41) is 14.0. The summed E-state index contributed by atoms with van der Waals surface area (Å²) in [5.74, 6) is 0. The molecule has 0 radical (unpaired) electrons. The molecule has 0 bridgehead atoms. The van der Waals surface area contributed by atoms with Crippen molar-refractivity contribution in [2.45, 2.75) is 32.9 Å². The molecule has 9 nitrogen and oxygen atoms in total. The Kier molecular flexibility index (Phi) is 4.46. The Morgan fingerprint density at radius 3 is 2.80 bits per heavy atom. The fourth-order valence-corrected chi connectivity index (χ4v) is 2.33. The van der Waals surface area contributed by atoms with E-state index in [0.29, 0.717) is 22.3 Å². The van der Waals surface area contributed by atoms with Crippen molar-refractivity contribution in [2.24, 2.45) is 0 Å². The lowest BCUT2D eigenvalue weighted by Gasteiger charge is -2.12. The minimum atomic E-state index is -0.397. The first-order chi connectivity index (χ1) is 11.9. The van der Waals surface area contributed by atoms with Crippen molar-refractivity contribution in [2.75, 3.05) is 5.32 Å². The number of nitrogens with zero attached hydrogens (tertiary/aromatic N) is 4.